The Kier molecular flexibility index (Phi) is 8.05. The van der Waals surface area contributed by atoms with E-state index in [-0.39, 0.29) is 11.1 Å². The van der Waals surface area contributed by atoms with Crippen LogP contribution in [-0.4, -0.2) is 14.4 Å². The molecule has 0 saturated heterocycles. The molecular weight excluding hydrogens is 248 g/mol. The minimum absolute atomic E-state index is 0.0905. The van der Waals surface area contributed by atoms with Crippen LogP contribution in [0.15, 0.2) is 24.3 Å². The first kappa shape index (κ1) is 18.2. The Morgan fingerprint density at radius 3 is 2.21 bits per heavy atom. The summed E-state index contributed by atoms with van der Waals surface area (Å²) in [5.74, 6) is 2.78. The first-order chi connectivity index (χ1) is 8.74. The molecule has 0 aromatic carbocycles. The molecule has 1 atom stereocenters. The van der Waals surface area contributed by atoms with Gasteiger partial charge in [-0.25, -0.2) is 0 Å². The van der Waals surface area contributed by atoms with Crippen LogP contribution < -0.4 is 0 Å². The second-order valence-corrected chi connectivity index (χ2v) is 11.1. The third-order valence-electron chi connectivity index (χ3n) is 3.62. The van der Waals surface area contributed by atoms with Crippen LogP contribution in [0, 0.1) is 12.3 Å². The molecule has 0 heterocycles. The number of terminal acetylenes is 1. The fourth-order valence-electron chi connectivity index (χ4n) is 1.34. The summed E-state index contributed by atoms with van der Waals surface area (Å²) >= 11 is 0. The summed E-state index contributed by atoms with van der Waals surface area (Å²) in [5, 5.41) is 0.204. The Morgan fingerprint density at radius 2 is 1.74 bits per heavy atom. The molecule has 0 rings (SSSR count). The van der Waals surface area contributed by atoms with Gasteiger partial charge in [0.2, 0.25) is 0 Å². The lowest BCUT2D eigenvalue weighted by atomic mass is 10.2. The highest BCUT2D eigenvalue weighted by molar-refractivity contribution is 6.74. The quantitative estimate of drug-likeness (QED) is 0.348. The fourth-order valence-corrected chi connectivity index (χ4v) is 2.57. The highest BCUT2D eigenvalue weighted by Gasteiger charge is 2.38. The first-order valence-corrected chi connectivity index (χ1v) is 10.1. The topological polar surface area (TPSA) is 9.23 Å². The highest BCUT2D eigenvalue weighted by Crippen LogP contribution is 2.37. The lowest BCUT2D eigenvalue weighted by Gasteiger charge is -2.37. The van der Waals surface area contributed by atoms with Crippen molar-refractivity contribution in [3.05, 3.63) is 24.3 Å². The van der Waals surface area contributed by atoms with Crippen LogP contribution in [-0.2, 0) is 4.43 Å². The van der Waals surface area contributed by atoms with E-state index in [2.05, 4.69) is 71.0 Å². The van der Waals surface area contributed by atoms with Gasteiger partial charge < -0.3 is 4.43 Å². The molecule has 0 aliphatic rings. The van der Waals surface area contributed by atoms with Gasteiger partial charge in [-0.1, -0.05) is 57.9 Å². The van der Waals surface area contributed by atoms with Gasteiger partial charge in [-0.05, 0) is 31.0 Å². The van der Waals surface area contributed by atoms with E-state index < -0.39 is 8.32 Å². The average Bonchev–Trinajstić information content (AvgIpc) is 2.30. The lowest BCUT2D eigenvalue weighted by molar-refractivity contribution is 0.236. The normalized spacial score (nSPS) is 15.0. The molecule has 2 heteroatoms. The van der Waals surface area contributed by atoms with Crippen LogP contribution in [0.25, 0.3) is 0 Å². The molecule has 0 saturated carbocycles. The molecule has 0 aliphatic carbocycles. The molecule has 0 N–H and O–H groups in total. The summed E-state index contributed by atoms with van der Waals surface area (Å²) < 4.78 is 6.21. The van der Waals surface area contributed by atoms with E-state index in [1.807, 2.05) is 0 Å². The van der Waals surface area contributed by atoms with Crippen LogP contribution >= 0.6 is 0 Å². The van der Waals surface area contributed by atoms with Crippen LogP contribution in [0.5, 0.6) is 0 Å². The van der Waals surface area contributed by atoms with Gasteiger partial charge in [0.1, 0.15) is 6.10 Å². The van der Waals surface area contributed by atoms with Crippen molar-refractivity contribution < 1.29 is 4.43 Å². The summed E-state index contributed by atoms with van der Waals surface area (Å²) in [7, 11) is -1.76. The zero-order chi connectivity index (χ0) is 14.9. The Hall–Kier alpha value is -0.783. The van der Waals surface area contributed by atoms with E-state index in [4.69, 9.17) is 10.8 Å². The van der Waals surface area contributed by atoms with Crippen molar-refractivity contribution in [3.63, 3.8) is 0 Å². The fraction of sp³-hybridized carbons (Fsp3) is 0.647. The van der Waals surface area contributed by atoms with Crippen molar-refractivity contribution in [3.8, 4) is 12.3 Å². The molecule has 0 fully saturated rings. The van der Waals surface area contributed by atoms with Crippen molar-refractivity contribution in [2.24, 2.45) is 0 Å². The molecule has 19 heavy (non-hydrogen) atoms. The van der Waals surface area contributed by atoms with E-state index in [0.29, 0.717) is 0 Å². The number of rotatable bonds is 7. The first-order valence-electron chi connectivity index (χ1n) is 7.18. The largest absolute Gasteiger partial charge is 0.403 e. The Bertz CT molecular complexity index is 339. The minimum Gasteiger partial charge on any atom is -0.403 e. The van der Waals surface area contributed by atoms with Gasteiger partial charge in [-0.15, -0.1) is 6.42 Å². The van der Waals surface area contributed by atoms with Gasteiger partial charge in [0.15, 0.2) is 8.32 Å². The molecule has 0 spiro atoms. The molecule has 0 unspecified atom stereocenters. The molecule has 0 amide bonds. The maximum atomic E-state index is 6.21. The van der Waals surface area contributed by atoms with Gasteiger partial charge in [0, 0.05) is 6.42 Å². The molecule has 0 aromatic rings. The van der Waals surface area contributed by atoms with Gasteiger partial charge in [-0.2, -0.15) is 0 Å². The molecule has 1 nitrogen and oxygen atoms in total. The third kappa shape index (κ3) is 7.40. The van der Waals surface area contributed by atoms with Gasteiger partial charge in [0.05, 0.1) is 0 Å². The van der Waals surface area contributed by atoms with Gasteiger partial charge in [0.25, 0.3) is 0 Å². The van der Waals surface area contributed by atoms with Crippen molar-refractivity contribution in [1.82, 2.24) is 0 Å². The zero-order valence-corrected chi connectivity index (χ0v) is 14.5. The molecular formula is C17H30OSi. The molecule has 108 valence electrons. The summed E-state index contributed by atoms with van der Waals surface area (Å²) in [5.41, 5.74) is 0. The second kappa shape index (κ2) is 8.40. The average molecular weight is 279 g/mol. The summed E-state index contributed by atoms with van der Waals surface area (Å²) in [6, 6.07) is 0. The summed E-state index contributed by atoms with van der Waals surface area (Å²) in [6.45, 7) is 13.3. The van der Waals surface area contributed by atoms with E-state index in [0.717, 1.165) is 19.3 Å². The molecule has 0 aliphatic heterocycles. The van der Waals surface area contributed by atoms with Gasteiger partial charge in [-0.3, -0.25) is 0 Å². The predicted molar refractivity (Wildman–Crippen MR) is 88.7 cm³/mol. The standard InChI is InChI=1S/C17H30OSi/c1-8-10-11-12-13-14-15-16(9-2)18-19(6,7)17(3,4)5/h2,10-11,13-14,16H,8,12,15H2,1,3-7H3/b11-10+,14-13+/t16-/m1/s1. The van der Waals surface area contributed by atoms with Crippen LogP contribution in [0.3, 0.4) is 0 Å². The Morgan fingerprint density at radius 1 is 1.16 bits per heavy atom. The lowest BCUT2D eigenvalue weighted by Crippen LogP contribution is -2.43. The number of hydrogen-bond acceptors (Lipinski definition) is 1. The van der Waals surface area contributed by atoms with Crippen LogP contribution in [0.1, 0.15) is 47.0 Å². The third-order valence-corrected chi connectivity index (χ3v) is 8.11. The second-order valence-electron chi connectivity index (χ2n) is 6.36. The molecule has 0 bridgehead atoms. The summed E-state index contributed by atoms with van der Waals surface area (Å²) in [4.78, 5) is 0. The van der Waals surface area contributed by atoms with Crippen molar-refractivity contribution in [1.29, 1.82) is 0 Å². The van der Waals surface area contributed by atoms with E-state index in [1.54, 1.807) is 0 Å². The van der Waals surface area contributed by atoms with E-state index in [9.17, 15) is 0 Å². The monoisotopic (exact) mass is 278 g/mol. The van der Waals surface area contributed by atoms with Gasteiger partial charge >= 0.3 is 0 Å². The van der Waals surface area contributed by atoms with Crippen LogP contribution in [0.2, 0.25) is 18.1 Å². The van der Waals surface area contributed by atoms with Crippen LogP contribution in [0.4, 0.5) is 0 Å². The van der Waals surface area contributed by atoms with E-state index in [1.165, 1.54) is 0 Å². The maximum Gasteiger partial charge on any atom is 0.193 e. The molecule has 0 radical (unpaired) electrons. The van der Waals surface area contributed by atoms with Crippen molar-refractivity contribution >= 4 is 8.32 Å². The predicted octanol–water partition coefficient (Wildman–Crippen LogP) is 5.31. The van der Waals surface area contributed by atoms with E-state index >= 15 is 0 Å². The molecule has 0 aromatic heterocycles. The SMILES string of the molecule is C#C[C@H](C/C=C/C/C=C/CC)O[Si](C)(C)C(C)(C)C. The highest BCUT2D eigenvalue weighted by atomic mass is 28.4. The Balaban J connectivity index is 4.31. The Labute approximate surface area is 121 Å². The number of allylic oxidation sites excluding steroid dienone is 3. The zero-order valence-electron chi connectivity index (χ0n) is 13.5. The van der Waals surface area contributed by atoms with Crippen molar-refractivity contribution in [2.75, 3.05) is 0 Å². The minimum atomic E-state index is -1.76. The maximum absolute atomic E-state index is 6.21. The summed E-state index contributed by atoms with van der Waals surface area (Å²) in [6.07, 6.45) is 17.0. The number of hydrogen-bond donors (Lipinski definition) is 0. The smallest absolute Gasteiger partial charge is 0.193 e. The van der Waals surface area contributed by atoms with Crippen molar-refractivity contribution in [2.45, 2.75) is 71.2 Å².